The van der Waals surface area contributed by atoms with E-state index in [1.807, 2.05) is 0 Å². The fourth-order valence-electron chi connectivity index (χ4n) is 1.23. The molecule has 0 aromatic heterocycles. The highest BCUT2D eigenvalue weighted by atomic mass is 19.1. The number of aliphatic hydroxyl groups is 1. The number of nitrogens with one attached hydrogen (secondary N) is 1. The molecule has 0 atom stereocenters. The minimum atomic E-state index is -0.584. The zero-order valence-corrected chi connectivity index (χ0v) is 8.38. The minimum absolute atomic E-state index is 0.0894. The van der Waals surface area contributed by atoms with Crippen LogP contribution in [0.3, 0.4) is 0 Å². The lowest BCUT2D eigenvalue weighted by Crippen LogP contribution is -2.27. The first kappa shape index (κ1) is 11.5. The Hall–Kier alpha value is -1.62. The highest BCUT2D eigenvalue weighted by Crippen LogP contribution is 2.16. The molecule has 0 aliphatic rings. The van der Waals surface area contributed by atoms with E-state index in [0.29, 0.717) is 11.3 Å². The van der Waals surface area contributed by atoms with Gasteiger partial charge < -0.3 is 16.2 Å². The number of benzene rings is 1. The summed E-state index contributed by atoms with van der Waals surface area (Å²) < 4.78 is 13.5. The van der Waals surface area contributed by atoms with Gasteiger partial charge in [-0.15, -0.1) is 0 Å². The number of halogens is 1. The van der Waals surface area contributed by atoms with E-state index in [4.69, 9.17) is 10.8 Å². The van der Waals surface area contributed by atoms with Crippen molar-refractivity contribution in [3.05, 3.63) is 29.1 Å². The van der Waals surface area contributed by atoms with Gasteiger partial charge in [-0.3, -0.25) is 4.79 Å². The molecule has 0 radical (unpaired) electrons. The van der Waals surface area contributed by atoms with Gasteiger partial charge in [0.1, 0.15) is 5.82 Å². The predicted molar refractivity (Wildman–Crippen MR) is 55.0 cm³/mol. The topological polar surface area (TPSA) is 75.4 Å². The van der Waals surface area contributed by atoms with Crippen LogP contribution in [0.5, 0.6) is 0 Å². The van der Waals surface area contributed by atoms with Crippen LogP contribution in [0.1, 0.15) is 15.9 Å². The summed E-state index contributed by atoms with van der Waals surface area (Å²) in [5, 5.41) is 10.9. The summed E-state index contributed by atoms with van der Waals surface area (Å²) in [4.78, 5) is 11.4. The normalized spacial score (nSPS) is 10.1. The lowest BCUT2D eigenvalue weighted by Gasteiger charge is -2.07. The number of nitrogen functional groups attached to an aromatic ring is 1. The molecule has 1 rings (SSSR count). The average molecular weight is 212 g/mol. The second-order valence-corrected chi connectivity index (χ2v) is 3.18. The summed E-state index contributed by atoms with van der Waals surface area (Å²) in [5.74, 6) is -1.16. The quantitative estimate of drug-likeness (QED) is 0.636. The smallest absolute Gasteiger partial charge is 0.254 e. The summed E-state index contributed by atoms with van der Waals surface area (Å²) in [7, 11) is 0. The van der Waals surface area contributed by atoms with Crippen LogP contribution in [0, 0.1) is 12.7 Å². The summed E-state index contributed by atoms with van der Waals surface area (Å²) in [6.45, 7) is 1.44. The van der Waals surface area contributed by atoms with E-state index in [0.717, 1.165) is 0 Å². The number of aliphatic hydroxyl groups excluding tert-OH is 1. The number of nitrogens with two attached hydrogens (primary N) is 1. The van der Waals surface area contributed by atoms with Crippen molar-refractivity contribution in [2.24, 2.45) is 0 Å². The fourth-order valence-corrected chi connectivity index (χ4v) is 1.23. The molecule has 0 spiro atoms. The van der Waals surface area contributed by atoms with Gasteiger partial charge in [-0.25, -0.2) is 4.39 Å². The molecule has 1 aromatic rings. The van der Waals surface area contributed by atoms with Crippen LogP contribution in [0.25, 0.3) is 0 Å². The lowest BCUT2D eigenvalue weighted by molar-refractivity contribution is 0.0940. The maximum atomic E-state index is 13.5. The molecule has 0 aliphatic heterocycles. The molecular weight excluding hydrogens is 199 g/mol. The van der Waals surface area contributed by atoms with E-state index in [9.17, 15) is 9.18 Å². The number of anilines is 1. The van der Waals surface area contributed by atoms with E-state index < -0.39 is 11.7 Å². The number of hydrogen-bond acceptors (Lipinski definition) is 3. The molecule has 1 amide bonds. The molecule has 0 saturated heterocycles. The summed E-state index contributed by atoms with van der Waals surface area (Å²) in [5.41, 5.74) is 6.06. The molecule has 0 bridgehead atoms. The molecule has 0 fully saturated rings. The molecule has 0 heterocycles. The molecule has 82 valence electrons. The molecule has 1 aromatic carbocycles. The Bertz CT molecular complexity index is 380. The Balaban J connectivity index is 2.98. The Morgan fingerprint density at radius 2 is 2.27 bits per heavy atom. The number of aryl methyl sites for hydroxylation is 1. The molecular formula is C10H13FN2O2. The minimum Gasteiger partial charge on any atom is -0.399 e. The zero-order chi connectivity index (χ0) is 11.4. The molecule has 5 heteroatoms. The van der Waals surface area contributed by atoms with E-state index >= 15 is 0 Å². The maximum absolute atomic E-state index is 13.5. The SMILES string of the molecule is Cc1cc(N)cc(C(=O)NCCO)c1F. The fraction of sp³-hybridized carbons (Fsp3) is 0.300. The van der Waals surface area contributed by atoms with E-state index in [-0.39, 0.29) is 18.7 Å². The highest BCUT2D eigenvalue weighted by molar-refractivity contribution is 5.95. The maximum Gasteiger partial charge on any atom is 0.254 e. The summed E-state index contributed by atoms with van der Waals surface area (Å²) in [6.07, 6.45) is 0. The Morgan fingerprint density at radius 1 is 1.60 bits per heavy atom. The van der Waals surface area contributed by atoms with Crippen molar-refractivity contribution < 1.29 is 14.3 Å². The van der Waals surface area contributed by atoms with Crippen LogP contribution in [0.15, 0.2) is 12.1 Å². The van der Waals surface area contributed by atoms with E-state index in [1.165, 1.54) is 19.1 Å². The summed E-state index contributed by atoms with van der Waals surface area (Å²) >= 11 is 0. The number of hydrogen-bond donors (Lipinski definition) is 3. The van der Waals surface area contributed by atoms with E-state index in [1.54, 1.807) is 0 Å². The Kier molecular flexibility index (Phi) is 3.62. The largest absolute Gasteiger partial charge is 0.399 e. The predicted octanol–water partition coefficient (Wildman–Crippen LogP) is 0.438. The van der Waals surface area contributed by atoms with E-state index in [2.05, 4.69) is 5.32 Å². The Morgan fingerprint density at radius 3 is 2.87 bits per heavy atom. The number of rotatable bonds is 3. The van der Waals surface area contributed by atoms with Gasteiger partial charge in [0, 0.05) is 12.2 Å². The van der Waals surface area contributed by atoms with Crippen molar-refractivity contribution in [2.45, 2.75) is 6.92 Å². The van der Waals surface area contributed by atoms with Crippen molar-refractivity contribution in [2.75, 3.05) is 18.9 Å². The van der Waals surface area contributed by atoms with Crippen molar-refractivity contribution in [1.29, 1.82) is 0 Å². The van der Waals surface area contributed by atoms with Gasteiger partial charge in [0.2, 0.25) is 0 Å². The van der Waals surface area contributed by atoms with Gasteiger partial charge in [0.15, 0.2) is 0 Å². The van der Waals surface area contributed by atoms with Gasteiger partial charge in [0.25, 0.3) is 5.91 Å². The van der Waals surface area contributed by atoms with Crippen LogP contribution < -0.4 is 11.1 Å². The second kappa shape index (κ2) is 4.75. The second-order valence-electron chi connectivity index (χ2n) is 3.18. The molecule has 0 saturated carbocycles. The molecule has 15 heavy (non-hydrogen) atoms. The van der Waals surface area contributed by atoms with Gasteiger partial charge in [-0.2, -0.15) is 0 Å². The molecule has 0 unspecified atom stereocenters. The van der Waals surface area contributed by atoms with Crippen LogP contribution in [0.2, 0.25) is 0 Å². The lowest BCUT2D eigenvalue weighted by atomic mass is 10.1. The first-order valence-electron chi connectivity index (χ1n) is 4.51. The van der Waals surface area contributed by atoms with Crippen molar-refractivity contribution in [3.63, 3.8) is 0 Å². The van der Waals surface area contributed by atoms with Crippen molar-refractivity contribution >= 4 is 11.6 Å². The monoisotopic (exact) mass is 212 g/mol. The first-order valence-corrected chi connectivity index (χ1v) is 4.51. The third-order valence-corrected chi connectivity index (χ3v) is 1.92. The third kappa shape index (κ3) is 2.66. The van der Waals surface area contributed by atoms with Crippen LogP contribution in [-0.2, 0) is 0 Å². The number of amides is 1. The zero-order valence-electron chi connectivity index (χ0n) is 8.38. The molecule has 0 aliphatic carbocycles. The Labute approximate surface area is 86.9 Å². The summed E-state index contributed by atoms with van der Waals surface area (Å²) in [6, 6.07) is 2.73. The van der Waals surface area contributed by atoms with Gasteiger partial charge in [0.05, 0.1) is 12.2 Å². The number of carbonyl (C=O) groups excluding carboxylic acids is 1. The van der Waals surface area contributed by atoms with Gasteiger partial charge in [-0.05, 0) is 24.6 Å². The van der Waals surface area contributed by atoms with Gasteiger partial charge >= 0.3 is 0 Å². The molecule has 4 nitrogen and oxygen atoms in total. The van der Waals surface area contributed by atoms with Crippen LogP contribution >= 0.6 is 0 Å². The van der Waals surface area contributed by atoms with Crippen molar-refractivity contribution in [1.82, 2.24) is 5.32 Å². The van der Waals surface area contributed by atoms with Crippen LogP contribution in [0.4, 0.5) is 10.1 Å². The average Bonchev–Trinajstić information content (AvgIpc) is 2.19. The first-order chi connectivity index (χ1) is 7.06. The molecule has 4 N–H and O–H groups in total. The van der Waals surface area contributed by atoms with Crippen LogP contribution in [-0.4, -0.2) is 24.2 Å². The number of carbonyl (C=O) groups is 1. The standard InChI is InChI=1S/C10H13FN2O2/c1-6-4-7(12)5-8(9(6)11)10(15)13-2-3-14/h4-5,14H,2-3,12H2,1H3,(H,13,15). The van der Waals surface area contributed by atoms with Gasteiger partial charge in [-0.1, -0.05) is 0 Å². The third-order valence-electron chi connectivity index (χ3n) is 1.92. The van der Waals surface area contributed by atoms with Crippen molar-refractivity contribution in [3.8, 4) is 0 Å². The highest BCUT2D eigenvalue weighted by Gasteiger charge is 2.13.